The lowest BCUT2D eigenvalue weighted by Crippen LogP contribution is -2.07. The van der Waals surface area contributed by atoms with Crippen LogP contribution in [0.3, 0.4) is 0 Å². The van der Waals surface area contributed by atoms with Crippen LogP contribution >= 0.6 is 0 Å². The summed E-state index contributed by atoms with van der Waals surface area (Å²) >= 11 is 0. The highest BCUT2D eigenvalue weighted by atomic mass is 15.1. The number of anilines is 2. The van der Waals surface area contributed by atoms with Crippen LogP contribution < -0.4 is 11.5 Å². The third kappa shape index (κ3) is 2.78. The SMILES string of the molecule is C=Cc1ccc(Cc2nc(N)nc(N)n2)cc1. The first-order chi connectivity index (χ1) is 8.17. The maximum Gasteiger partial charge on any atom is 0.225 e. The second kappa shape index (κ2) is 4.61. The molecule has 0 aliphatic heterocycles. The fourth-order valence-electron chi connectivity index (χ4n) is 1.49. The van der Waals surface area contributed by atoms with E-state index >= 15 is 0 Å². The number of benzene rings is 1. The second-order valence-electron chi connectivity index (χ2n) is 3.59. The Kier molecular flexibility index (Phi) is 3.00. The quantitative estimate of drug-likeness (QED) is 0.824. The summed E-state index contributed by atoms with van der Waals surface area (Å²) in [7, 11) is 0. The molecular weight excluding hydrogens is 214 g/mol. The fraction of sp³-hybridized carbons (Fsp3) is 0.0833. The highest BCUT2D eigenvalue weighted by molar-refractivity contribution is 5.47. The molecule has 2 aromatic rings. The summed E-state index contributed by atoms with van der Waals surface area (Å²) in [4.78, 5) is 11.8. The molecule has 5 nitrogen and oxygen atoms in total. The van der Waals surface area contributed by atoms with Gasteiger partial charge in [0, 0.05) is 6.42 Å². The van der Waals surface area contributed by atoms with Crippen LogP contribution in [0.25, 0.3) is 6.08 Å². The standard InChI is InChI=1S/C12H13N5/c1-2-8-3-5-9(6-4-8)7-10-15-11(13)17-12(14)16-10/h2-6H,1,7H2,(H4,13,14,15,16,17). The number of hydrogen-bond acceptors (Lipinski definition) is 5. The molecule has 0 radical (unpaired) electrons. The molecule has 0 saturated heterocycles. The summed E-state index contributed by atoms with van der Waals surface area (Å²) in [5.74, 6) is 0.867. The molecule has 0 spiro atoms. The first kappa shape index (κ1) is 11.1. The maximum absolute atomic E-state index is 5.50. The van der Waals surface area contributed by atoms with Gasteiger partial charge in [-0.15, -0.1) is 0 Å². The van der Waals surface area contributed by atoms with E-state index in [0.717, 1.165) is 11.1 Å². The predicted octanol–water partition coefficient (Wildman–Crippen LogP) is 1.27. The van der Waals surface area contributed by atoms with Crippen LogP contribution in [-0.4, -0.2) is 15.0 Å². The maximum atomic E-state index is 5.50. The third-order valence-corrected chi connectivity index (χ3v) is 2.29. The normalized spacial score (nSPS) is 10.1. The van der Waals surface area contributed by atoms with Crippen molar-refractivity contribution in [2.75, 3.05) is 11.5 Å². The van der Waals surface area contributed by atoms with E-state index in [1.165, 1.54) is 0 Å². The number of rotatable bonds is 3. The van der Waals surface area contributed by atoms with Gasteiger partial charge >= 0.3 is 0 Å². The zero-order valence-corrected chi connectivity index (χ0v) is 9.30. The van der Waals surface area contributed by atoms with E-state index < -0.39 is 0 Å². The van der Waals surface area contributed by atoms with Crippen LogP contribution in [0, 0.1) is 0 Å². The lowest BCUT2D eigenvalue weighted by atomic mass is 10.1. The van der Waals surface area contributed by atoms with Crippen molar-refractivity contribution in [1.29, 1.82) is 0 Å². The van der Waals surface area contributed by atoms with Crippen molar-refractivity contribution in [1.82, 2.24) is 15.0 Å². The first-order valence-electron chi connectivity index (χ1n) is 5.14. The molecule has 0 fully saturated rings. The Balaban J connectivity index is 2.21. The molecule has 0 amide bonds. The van der Waals surface area contributed by atoms with Gasteiger partial charge in [0.05, 0.1) is 0 Å². The van der Waals surface area contributed by atoms with E-state index in [-0.39, 0.29) is 11.9 Å². The molecular formula is C12H13N5. The van der Waals surface area contributed by atoms with Gasteiger partial charge in [0.25, 0.3) is 0 Å². The van der Waals surface area contributed by atoms with E-state index in [1.54, 1.807) is 6.08 Å². The Morgan fingerprint density at radius 2 is 1.59 bits per heavy atom. The predicted molar refractivity (Wildman–Crippen MR) is 68.0 cm³/mol. The first-order valence-corrected chi connectivity index (χ1v) is 5.14. The lowest BCUT2D eigenvalue weighted by Gasteiger charge is -2.03. The van der Waals surface area contributed by atoms with Crippen LogP contribution in [-0.2, 0) is 6.42 Å². The van der Waals surface area contributed by atoms with Crippen LogP contribution in [0.2, 0.25) is 0 Å². The molecule has 5 heteroatoms. The fourth-order valence-corrected chi connectivity index (χ4v) is 1.49. The highest BCUT2D eigenvalue weighted by Crippen LogP contribution is 2.10. The van der Waals surface area contributed by atoms with Gasteiger partial charge in [0.15, 0.2) is 0 Å². The molecule has 1 aromatic heterocycles. The summed E-state index contributed by atoms with van der Waals surface area (Å²) in [5, 5.41) is 0. The van der Waals surface area contributed by atoms with Crippen LogP contribution in [0.5, 0.6) is 0 Å². The largest absolute Gasteiger partial charge is 0.368 e. The Morgan fingerprint density at radius 1 is 1.00 bits per heavy atom. The zero-order chi connectivity index (χ0) is 12.3. The Bertz CT molecular complexity index is 513. The number of nitrogens with two attached hydrogens (primary N) is 2. The van der Waals surface area contributed by atoms with E-state index in [4.69, 9.17) is 11.5 Å². The molecule has 0 aliphatic carbocycles. The zero-order valence-electron chi connectivity index (χ0n) is 9.30. The van der Waals surface area contributed by atoms with Crippen molar-refractivity contribution in [3.05, 3.63) is 47.8 Å². The summed E-state index contributed by atoms with van der Waals surface area (Å²) in [6.07, 6.45) is 2.37. The topological polar surface area (TPSA) is 90.7 Å². The average molecular weight is 227 g/mol. The minimum absolute atomic E-state index is 0.148. The molecule has 0 bridgehead atoms. The second-order valence-corrected chi connectivity index (χ2v) is 3.59. The summed E-state index contributed by atoms with van der Waals surface area (Å²) < 4.78 is 0. The van der Waals surface area contributed by atoms with Gasteiger partial charge in [-0.3, -0.25) is 0 Å². The smallest absolute Gasteiger partial charge is 0.225 e. The Hall–Kier alpha value is -2.43. The summed E-state index contributed by atoms with van der Waals surface area (Å²) in [6, 6.07) is 7.95. The van der Waals surface area contributed by atoms with Crippen molar-refractivity contribution >= 4 is 18.0 Å². The number of nitrogens with zero attached hydrogens (tertiary/aromatic N) is 3. The van der Waals surface area contributed by atoms with Crippen LogP contribution in [0.15, 0.2) is 30.8 Å². The van der Waals surface area contributed by atoms with Gasteiger partial charge in [-0.2, -0.15) is 15.0 Å². The minimum atomic E-state index is 0.148. The summed E-state index contributed by atoms with van der Waals surface area (Å²) in [6.45, 7) is 3.70. The van der Waals surface area contributed by atoms with Gasteiger partial charge in [0.2, 0.25) is 11.9 Å². The molecule has 0 aliphatic rings. The van der Waals surface area contributed by atoms with Gasteiger partial charge in [0.1, 0.15) is 5.82 Å². The van der Waals surface area contributed by atoms with Gasteiger partial charge in [-0.25, -0.2) is 0 Å². The van der Waals surface area contributed by atoms with E-state index in [9.17, 15) is 0 Å². The van der Waals surface area contributed by atoms with Gasteiger partial charge in [-0.05, 0) is 11.1 Å². The van der Waals surface area contributed by atoms with Gasteiger partial charge < -0.3 is 11.5 Å². The van der Waals surface area contributed by atoms with E-state index in [1.807, 2.05) is 24.3 Å². The van der Waals surface area contributed by atoms with Crippen molar-refractivity contribution in [2.24, 2.45) is 0 Å². The third-order valence-electron chi connectivity index (χ3n) is 2.29. The molecule has 0 unspecified atom stereocenters. The molecule has 0 saturated carbocycles. The van der Waals surface area contributed by atoms with Crippen molar-refractivity contribution in [3.63, 3.8) is 0 Å². The van der Waals surface area contributed by atoms with Crippen LogP contribution in [0.4, 0.5) is 11.9 Å². The van der Waals surface area contributed by atoms with E-state index in [0.29, 0.717) is 12.2 Å². The molecule has 1 heterocycles. The van der Waals surface area contributed by atoms with Crippen molar-refractivity contribution in [2.45, 2.75) is 6.42 Å². The summed E-state index contributed by atoms with van der Waals surface area (Å²) in [5.41, 5.74) is 13.2. The molecule has 4 N–H and O–H groups in total. The average Bonchev–Trinajstić information content (AvgIpc) is 2.28. The minimum Gasteiger partial charge on any atom is -0.368 e. The highest BCUT2D eigenvalue weighted by Gasteiger charge is 2.03. The van der Waals surface area contributed by atoms with E-state index in [2.05, 4.69) is 21.5 Å². The number of hydrogen-bond donors (Lipinski definition) is 2. The van der Waals surface area contributed by atoms with Crippen molar-refractivity contribution in [3.8, 4) is 0 Å². The number of aromatic nitrogens is 3. The molecule has 86 valence electrons. The monoisotopic (exact) mass is 227 g/mol. The molecule has 17 heavy (non-hydrogen) atoms. The lowest BCUT2D eigenvalue weighted by molar-refractivity contribution is 0.939. The van der Waals surface area contributed by atoms with Gasteiger partial charge in [-0.1, -0.05) is 36.9 Å². The Labute approximate surface area is 99.2 Å². The number of nitrogen functional groups attached to an aromatic ring is 2. The Morgan fingerprint density at radius 3 is 2.12 bits per heavy atom. The van der Waals surface area contributed by atoms with Crippen LogP contribution in [0.1, 0.15) is 17.0 Å². The molecule has 2 rings (SSSR count). The molecule has 0 atom stereocenters. The van der Waals surface area contributed by atoms with Crippen molar-refractivity contribution < 1.29 is 0 Å². The molecule has 1 aromatic carbocycles.